The largest absolute Gasteiger partial charge is 0.289 e. The van der Waals surface area contributed by atoms with Crippen molar-refractivity contribution in [3.63, 3.8) is 0 Å². The Bertz CT molecular complexity index is 871. The summed E-state index contributed by atoms with van der Waals surface area (Å²) in [6, 6.07) is 26.2. The average molecular weight is 312 g/mol. The van der Waals surface area contributed by atoms with E-state index in [-0.39, 0.29) is 0 Å². The molecular formula is C20H16N4. The number of nitrogens with one attached hydrogen (secondary N) is 1. The van der Waals surface area contributed by atoms with Gasteiger partial charge in [-0.25, -0.2) is 15.0 Å². The minimum Gasteiger partial charge on any atom is -0.289 e. The van der Waals surface area contributed by atoms with Crippen LogP contribution in [0.1, 0.15) is 11.1 Å². The molecule has 24 heavy (non-hydrogen) atoms. The lowest BCUT2D eigenvalue weighted by Crippen LogP contribution is -2.39. The second-order valence-electron chi connectivity index (χ2n) is 5.37. The Labute approximate surface area is 140 Å². The van der Waals surface area contributed by atoms with Crippen LogP contribution in [-0.2, 0) is 0 Å². The third-order valence-electron chi connectivity index (χ3n) is 3.78. The summed E-state index contributed by atoms with van der Waals surface area (Å²) < 4.78 is 0. The van der Waals surface area contributed by atoms with E-state index in [0.717, 1.165) is 28.3 Å². The predicted molar refractivity (Wildman–Crippen MR) is 98.0 cm³/mol. The first-order valence-electron chi connectivity index (χ1n) is 7.78. The zero-order valence-electron chi connectivity index (χ0n) is 13.0. The molecule has 1 aliphatic rings. The molecule has 4 heteroatoms. The Balaban J connectivity index is 1.79. The van der Waals surface area contributed by atoms with E-state index in [2.05, 4.69) is 34.7 Å². The van der Waals surface area contributed by atoms with Gasteiger partial charge in [-0.2, -0.15) is 0 Å². The van der Waals surface area contributed by atoms with E-state index in [1.54, 1.807) is 12.5 Å². The van der Waals surface area contributed by atoms with Crippen molar-refractivity contribution in [3.8, 4) is 0 Å². The summed E-state index contributed by atoms with van der Waals surface area (Å²) >= 11 is 0. The quantitative estimate of drug-likeness (QED) is 0.796. The summed E-state index contributed by atoms with van der Waals surface area (Å²) in [5, 5.41) is 1.83. The third-order valence-corrected chi connectivity index (χ3v) is 3.78. The normalized spacial score (nSPS) is 13.8. The first-order valence-corrected chi connectivity index (χ1v) is 7.78. The summed E-state index contributed by atoms with van der Waals surface area (Å²) in [7, 11) is 0. The van der Waals surface area contributed by atoms with Crippen molar-refractivity contribution in [2.45, 2.75) is 0 Å². The van der Waals surface area contributed by atoms with Crippen LogP contribution in [0.4, 0.5) is 5.82 Å². The third kappa shape index (κ3) is 2.77. The fourth-order valence-corrected chi connectivity index (χ4v) is 2.62. The van der Waals surface area contributed by atoms with Crippen molar-refractivity contribution in [1.29, 1.82) is 0 Å². The molecule has 1 aliphatic heterocycles. The van der Waals surface area contributed by atoms with Gasteiger partial charge in [-0.15, -0.1) is 0 Å². The highest BCUT2D eigenvalue weighted by atomic mass is 15.5. The maximum Gasteiger partial charge on any atom is 0.152 e. The van der Waals surface area contributed by atoms with Gasteiger partial charge in [-0.05, 0) is 12.1 Å². The minimum absolute atomic E-state index is 0.793. The van der Waals surface area contributed by atoms with Gasteiger partial charge in [0.25, 0.3) is 0 Å². The van der Waals surface area contributed by atoms with Gasteiger partial charge in [-0.1, -0.05) is 66.7 Å². The van der Waals surface area contributed by atoms with Gasteiger partial charge in [-0.3, -0.25) is 5.43 Å². The molecule has 1 N–H and O–H groups in total. The van der Waals surface area contributed by atoms with Gasteiger partial charge >= 0.3 is 0 Å². The molecule has 0 radical (unpaired) electrons. The molecule has 1 aromatic heterocycles. The standard InChI is InChI=1S/C20H16N4/c1-3-9-16(10-4-1)19-20(17-11-5-2-6-12-17)23-24(15-22-19)18-13-7-8-14-21-18/h1-15,23H. The molecule has 116 valence electrons. The Morgan fingerprint density at radius 2 is 1.38 bits per heavy atom. The van der Waals surface area contributed by atoms with Crippen LogP contribution >= 0.6 is 0 Å². The van der Waals surface area contributed by atoms with Gasteiger partial charge in [0.05, 0.1) is 11.4 Å². The van der Waals surface area contributed by atoms with Crippen molar-refractivity contribution in [2.75, 3.05) is 5.01 Å². The molecule has 3 aromatic rings. The van der Waals surface area contributed by atoms with E-state index >= 15 is 0 Å². The number of pyridine rings is 1. The van der Waals surface area contributed by atoms with Crippen LogP contribution in [-0.4, -0.2) is 11.3 Å². The van der Waals surface area contributed by atoms with Crippen molar-refractivity contribution >= 4 is 23.6 Å². The van der Waals surface area contributed by atoms with Crippen molar-refractivity contribution in [1.82, 2.24) is 10.4 Å². The summed E-state index contributed by atoms with van der Waals surface area (Å²) in [5.41, 5.74) is 7.45. The number of hydrogen-bond donors (Lipinski definition) is 1. The molecule has 0 spiro atoms. The van der Waals surface area contributed by atoms with Crippen LogP contribution in [0.3, 0.4) is 0 Å². The number of hydrogen-bond acceptors (Lipinski definition) is 4. The van der Waals surface area contributed by atoms with Gasteiger partial charge < -0.3 is 0 Å². The molecule has 0 amide bonds. The summed E-state index contributed by atoms with van der Waals surface area (Å²) in [4.78, 5) is 9.07. The molecule has 4 rings (SSSR count). The fraction of sp³-hybridized carbons (Fsp3) is 0. The van der Waals surface area contributed by atoms with Crippen molar-refractivity contribution in [3.05, 3.63) is 96.2 Å². The van der Waals surface area contributed by atoms with Crippen LogP contribution in [0.2, 0.25) is 0 Å². The lowest BCUT2D eigenvalue weighted by Gasteiger charge is -2.27. The zero-order valence-corrected chi connectivity index (χ0v) is 13.0. The van der Waals surface area contributed by atoms with Gasteiger partial charge in [0, 0.05) is 17.3 Å². The number of aromatic nitrogens is 1. The highest BCUT2D eigenvalue weighted by Gasteiger charge is 2.18. The van der Waals surface area contributed by atoms with Crippen LogP contribution in [0.25, 0.3) is 11.4 Å². The second-order valence-corrected chi connectivity index (χ2v) is 5.37. The molecule has 4 nitrogen and oxygen atoms in total. The highest BCUT2D eigenvalue weighted by Crippen LogP contribution is 2.28. The number of anilines is 1. The second kappa shape index (κ2) is 6.38. The van der Waals surface area contributed by atoms with Crippen LogP contribution < -0.4 is 10.4 Å². The lowest BCUT2D eigenvalue weighted by atomic mass is 10.1. The molecule has 0 saturated carbocycles. The summed E-state index contributed by atoms with van der Waals surface area (Å²) in [6.45, 7) is 0. The van der Waals surface area contributed by atoms with E-state index in [1.807, 2.05) is 59.6 Å². The van der Waals surface area contributed by atoms with Gasteiger partial charge in [0.1, 0.15) is 6.34 Å². The number of benzene rings is 2. The topological polar surface area (TPSA) is 40.5 Å². The van der Waals surface area contributed by atoms with Crippen molar-refractivity contribution < 1.29 is 0 Å². The Morgan fingerprint density at radius 3 is 2.04 bits per heavy atom. The van der Waals surface area contributed by atoms with E-state index in [4.69, 9.17) is 4.99 Å². The molecule has 0 bridgehead atoms. The van der Waals surface area contributed by atoms with E-state index in [0.29, 0.717) is 0 Å². The summed E-state index contributed by atoms with van der Waals surface area (Å²) in [5.74, 6) is 0.793. The van der Waals surface area contributed by atoms with Crippen molar-refractivity contribution in [2.24, 2.45) is 4.99 Å². The smallest absolute Gasteiger partial charge is 0.152 e. The SMILES string of the molecule is C1=NC(c2ccccc2)=C(c2ccccc2)NN1c1ccccn1. The molecular weight excluding hydrogens is 296 g/mol. The monoisotopic (exact) mass is 312 g/mol. The fourth-order valence-electron chi connectivity index (χ4n) is 2.62. The number of nitrogens with zero attached hydrogens (tertiary/aromatic N) is 3. The maximum atomic E-state index is 4.69. The first-order chi connectivity index (χ1) is 11.9. The molecule has 0 saturated heterocycles. The van der Waals surface area contributed by atoms with Gasteiger partial charge in [0.15, 0.2) is 5.82 Å². The Morgan fingerprint density at radius 1 is 0.708 bits per heavy atom. The number of aliphatic imine (C=N–C) groups is 1. The number of hydrazine groups is 1. The predicted octanol–water partition coefficient (Wildman–Crippen LogP) is 3.96. The summed E-state index contributed by atoms with van der Waals surface area (Å²) in [6.07, 6.45) is 3.53. The Hall–Kier alpha value is -3.40. The molecule has 2 aromatic carbocycles. The molecule has 0 atom stereocenters. The Kier molecular flexibility index (Phi) is 3.78. The minimum atomic E-state index is 0.793. The van der Waals surface area contributed by atoms with E-state index < -0.39 is 0 Å². The molecule has 0 unspecified atom stereocenters. The van der Waals surface area contributed by atoms with Crippen LogP contribution in [0.5, 0.6) is 0 Å². The maximum absolute atomic E-state index is 4.69. The van der Waals surface area contributed by atoms with E-state index in [1.165, 1.54) is 0 Å². The highest BCUT2D eigenvalue weighted by molar-refractivity contribution is 5.98. The molecule has 2 heterocycles. The first kappa shape index (κ1) is 14.2. The van der Waals surface area contributed by atoms with E-state index in [9.17, 15) is 0 Å². The molecule has 0 aliphatic carbocycles. The zero-order chi connectivity index (χ0) is 16.2. The van der Waals surface area contributed by atoms with Gasteiger partial charge in [0.2, 0.25) is 0 Å². The van der Waals surface area contributed by atoms with Crippen LogP contribution in [0.15, 0.2) is 90.1 Å². The lowest BCUT2D eigenvalue weighted by molar-refractivity contribution is 0.913. The van der Waals surface area contributed by atoms with Crippen LogP contribution in [0, 0.1) is 0 Å². The molecule has 0 fully saturated rings. The number of rotatable bonds is 3. The average Bonchev–Trinajstić information content (AvgIpc) is 2.69.